The summed E-state index contributed by atoms with van der Waals surface area (Å²) in [5.41, 5.74) is -0.0470. The molecule has 1 heterocycles. The van der Waals surface area contributed by atoms with Crippen molar-refractivity contribution < 1.29 is 19.8 Å². The molecule has 6 nitrogen and oxygen atoms in total. The van der Waals surface area contributed by atoms with Crippen LogP contribution in [0.25, 0.3) is 0 Å². The Bertz CT molecular complexity index is 495. The number of nitrogens with zero attached hydrogens (tertiary/aromatic N) is 1. The summed E-state index contributed by atoms with van der Waals surface area (Å²) in [4.78, 5) is 25.2. The van der Waals surface area contributed by atoms with E-state index in [0.717, 1.165) is 32.0 Å². The maximum Gasteiger partial charge on any atom is 0.255 e. The van der Waals surface area contributed by atoms with Crippen LogP contribution in [0, 0.1) is 0 Å². The summed E-state index contributed by atoms with van der Waals surface area (Å²) in [6, 6.07) is 3.67. The molecule has 0 unspecified atom stereocenters. The van der Waals surface area contributed by atoms with Crippen LogP contribution in [0.3, 0.4) is 0 Å². The average Bonchev–Trinajstić information content (AvgIpc) is 2.92. The molecular weight excluding hydrogens is 248 g/mol. The summed E-state index contributed by atoms with van der Waals surface area (Å²) in [6.07, 6.45) is 1.99. The first-order chi connectivity index (χ1) is 9.08. The third kappa shape index (κ3) is 3.15. The van der Waals surface area contributed by atoms with E-state index in [9.17, 15) is 19.8 Å². The molecule has 0 aromatic heterocycles. The Labute approximate surface area is 110 Å². The number of benzene rings is 1. The highest BCUT2D eigenvalue weighted by atomic mass is 16.3. The van der Waals surface area contributed by atoms with Gasteiger partial charge in [-0.25, -0.2) is 0 Å². The van der Waals surface area contributed by atoms with Crippen LogP contribution in [0.2, 0.25) is 0 Å². The standard InChI is InChI=1S/C13H16N2O4/c16-9-3-4-11(17)10(7-9)13(19)14-8-12(18)15-5-1-2-6-15/h3-4,7,16-17H,1-2,5-6,8H2,(H,14,19). The number of hydrogen-bond acceptors (Lipinski definition) is 4. The molecule has 0 spiro atoms. The summed E-state index contributed by atoms with van der Waals surface area (Å²) < 4.78 is 0. The highest BCUT2D eigenvalue weighted by Gasteiger charge is 2.19. The first-order valence-electron chi connectivity index (χ1n) is 6.16. The van der Waals surface area contributed by atoms with E-state index >= 15 is 0 Å². The van der Waals surface area contributed by atoms with Gasteiger partial charge in [0, 0.05) is 13.1 Å². The van der Waals surface area contributed by atoms with E-state index in [-0.39, 0.29) is 29.5 Å². The van der Waals surface area contributed by atoms with Gasteiger partial charge in [0.05, 0.1) is 12.1 Å². The molecule has 0 radical (unpaired) electrons. The summed E-state index contributed by atoms with van der Waals surface area (Å²) in [5.74, 6) is -1.07. The molecule has 1 saturated heterocycles. The lowest BCUT2D eigenvalue weighted by atomic mass is 10.2. The molecule has 2 rings (SSSR count). The molecule has 1 aliphatic heterocycles. The van der Waals surface area contributed by atoms with Gasteiger partial charge in [-0.3, -0.25) is 9.59 Å². The molecule has 0 atom stereocenters. The van der Waals surface area contributed by atoms with E-state index in [1.165, 1.54) is 12.1 Å². The maximum absolute atomic E-state index is 11.8. The minimum Gasteiger partial charge on any atom is -0.508 e. The zero-order valence-corrected chi connectivity index (χ0v) is 10.4. The number of hydrogen-bond donors (Lipinski definition) is 3. The first kappa shape index (κ1) is 13.2. The molecule has 3 N–H and O–H groups in total. The van der Waals surface area contributed by atoms with Crippen molar-refractivity contribution in [3.05, 3.63) is 23.8 Å². The fraction of sp³-hybridized carbons (Fsp3) is 0.385. The van der Waals surface area contributed by atoms with Crippen LogP contribution >= 0.6 is 0 Å². The quantitative estimate of drug-likeness (QED) is 0.691. The van der Waals surface area contributed by atoms with Crippen molar-refractivity contribution in [2.24, 2.45) is 0 Å². The number of likely N-dealkylation sites (tertiary alicyclic amines) is 1. The van der Waals surface area contributed by atoms with E-state index < -0.39 is 5.91 Å². The van der Waals surface area contributed by atoms with Gasteiger partial charge in [-0.1, -0.05) is 0 Å². The molecule has 19 heavy (non-hydrogen) atoms. The first-order valence-corrected chi connectivity index (χ1v) is 6.16. The average molecular weight is 264 g/mol. The minimum absolute atomic E-state index is 0.0470. The van der Waals surface area contributed by atoms with Crippen molar-refractivity contribution in [3.8, 4) is 11.5 Å². The van der Waals surface area contributed by atoms with Crippen LogP contribution in [0.4, 0.5) is 0 Å². The topological polar surface area (TPSA) is 89.9 Å². The molecular formula is C13H16N2O4. The lowest BCUT2D eigenvalue weighted by Crippen LogP contribution is -2.38. The largest absolute Gasteiger partial charge is 0.508 e. The second kappa shape index (κ2) is 5.60. The molecule has 1 aromatic rings. The van der Waals surface area contributed by atoms with Crippen molar-refractivity contribution in [2.45, 2.75) is 12.8 Å². The van der Waals surface area contributed by atoms with Crippen molar-refractivity contribution in [2.75, 3.05) is 19.6 Å². The number of nitrogens with one attached hydrogen (secondary N) is 1. The molecule has 1 aliphatic rings. The Kier molecular flexibility index (Phi) is 3.89. The Morgan fingerprint density at radius 3 is 2.58 bits per heavy atom. The monoisotopic (exact) mass is 264 g/mol. The number of carbonyl (C=O) groups is 2. The predicted molar refractivity (Wildman–Crippen MR) is 67.9 cm³/mol. The van der Waals surface area contributed by atoms with Gasteiger partial charge in [0.15, 0.2) is 0 Å². The van der Waals surface area contributed by atoms with Gasteiger partial charge >= 0.3 is 0 Å². The van der Waals surface area contributed by atoms with Crippen molar-refractivity contribution in [3.63, 3.8) is 0 Å². The maximum atomic E-state index is 11.8. The highest BCUT2D eigenvalue weighted by molar-refractivity contribution is 5.99. The SMILES string of the molecule is O=C(NCC(=O)N1CCCC1)c1cc(O)ccc1O. The fourth-order valence-electron chi connectivity index (χ4n) is 2.04. The molecule has 0 bridgehead atoms. The molecule has 6 heteroatoms. The Hall–Kier alpha value is -2.24. The van der Waals surface area contributed by atoms with Gasteiger partial charge in [-0.2, -0.15) is 0 Å². The molecule has 0 saturated carbocycles. The lowest BCUT2D eigenvalue weighted by molar-refractivity contribution is -0.129. The number of carbonyl (C=O) groups excluding carboxylic acids is 2. The van der Waals surface area contributed by atoms with Gasteiger partial charge in [-0.15, -0.1) is 0 Å². The van der Waals surface area contributed by atoms with E-state index in [2.05, 4.69) is 5.32 Å². The second-order valence-corrected chi connectivity index (χ2v) is 4.47. The summed E-state index contributed by atoms with van der Waals surface area (Å²) in [7, 11) is 0. The zero-order chi connectivity index (χ0) is 13.8. The van der Waals surface area contributed by atoms with Gasteiger partial charge in [-0.05, 0) is 31.0 Å². The van der Waals surface area contributed by atoms with Gasteiger partial charge < -0.3 is 20.4 Å². The summed E-state index contributed by atoms with van der Waals surface area (Å²) in [6.45, 7) is 1.35. The molecule has 1 fully saturated rings. The van der Waals surface area contributed by atoms with Crippen LogP contribution in [0.5, 0.6) is 11.5 Å². The van der Waals surface area contributed by atoms with Crippen LogP contribution in [0.1, 0.15) is 23.2 Å². The number of rotatable bonds is 3. The molecule has 2 amide bonds. The van der Waals surface area contributed by atoms with Gasteiger partial charge in [0.25, 0.3) is 5.91 Å². The van der Waals surface area contributed by atoms with Crippen LogP contribution in [-0.2, 0) is 4.79 Å². The smallest absolute Gasteiger partial charge is 0.255 e. The summed E-state index contributed by atoms with van der Waals surface area (Å²) in [5, 5.41) is 21.2. The van der Waals surface area contributed by atoms with Crippen LogP contribution < -0.4 is 5.32 Å². The van der Waals surface area contributed by atoms with Crippen molar-refractivity contribution >= 4 is 11.8 Å². The molecule has 102 valence electrons. The molecule has 1 aromatic carbocycles. The van der Waals surface area contributed by atoms with Crippen molar-refractivity contribution in [1.82, 2.24) is 10.2 Å². The lowest BCUT2D eigenvalue weighted by Gasteiger charge is -2.15. The second-order valence-electron chi connectivity index (χ2n) is 4.47. The van der Waals surface area contributed by atoms with Crippen molar-refractivity contribution in [1.29, 1.82) is 0 Å². The fourth-order valence-corrected chi connectivity index (χ4v) is 2.04. The number of amides is 2. The normalized spacial score (nSPS) is 14.4. The van der Waals surface area contributed by atoms with Crippen LogP contribution in [-0.4, -0.2) is 46.6 Å². The third-order valence-corrected chi connectivity index (χ3v) is 3.08. The summed E-state index contributed by atoms with van der Waals surface area (Å²) >= 11 is 0. The predicted octanol–water partition coefficient (Wildman–Crippen LogP) is 0.450. The Balaban J connectivity index is 1.93. The van der Waals surface area contributed by atoms with E-state index in [0.29, 0.717) is 0 Å². The van der Waals surface area contributed by atoms with Gasteiger partial charge in [0.2, 0.25) is 5.91 Å². The van der Waals surface area contributed by atoms with E-state index in [1.54, 1.807) is 4.90 Å². The highest BCUT2D eigenvalue weighted by Crippen LogP contribution is 2.21. The third-order valence-electron chi connectivity index (χ3n) is 3.08. The minimum atomic E-state index is -0.582. The van der Waals surface area contributed by atoms with E-state index in [1.807, 2.05) is 0 Å². The number of aromatic hydroxyl groups is 2. The molecule has 0 aliphatic carbocycles. The van der Waals surface area contributed by atoms with Crippen LogP contribution in [0.15, 0.2) is 18.2 Å². The van der Waals surface area contributed by atoms with E-state index in [4.69, 9.17) is 0 Å². The van der Waals surface area contributed by atoms with Gasteiger partial charge in [0.1, 0.15) is 11.5 Å². The zero-order valence-electron chi connectivity index (χ0n) is 10.4. The Morgan fingerprint density at radius 2 is 1.89 bits per heavy atom. The number of phenols is 2. The Morgan fingerprint density at radius 1 is 1.21 bits per heavy atom. The number of phenolic OH excluding ortho intramolecular Hbond substituents is 2.